The highest BCUT2D eigenvalue weighted by atomic mass is 32.1. The Morgan fingerprint density at radius 1 is 1.58 bits per heavy atom. The average Bonchev–Trinajstić information content (AvgIpc) is 3.22. The van der Waals surface area contributed by atoms with Gasteiger partial charge in [0.15, 0.2) is 5.82 Å². The molecule has 0 fully saturated rings. The molecule has 1 aliphatic heterocycles. The minimum Gasteiger partial charge on any atom is -0.377 e. The van der Waals surface area contributed by atoms with Crippen molar-refractivity contribution in [3.63, 3.8) is 0 Å². The second-order valence-corrected chi connectivity index (χ2v) is 6.83. The Morgan fingerprint density at radius 3 is 3.21 bits per heavy atom. The lowest BCUT2D eigenvalue weighted by Crippen LogP contribution is -2.41. The number of aromatic nitrogens is 3. The number of carbonyl (C=O) groups is 1. The third-order valence-corrected chi connectivity index (χ3v) is 4.88. The molecule has 2 unspecified atom stereocenters. The summed E-state index contributed by atoms with van der Waals surface area (Å²) in [5, 5.41) is 14.6. The molecule has 2 atom stereocenters. The summed E-state index contributed by atoms with van der Waals surface area (Å²) in [6.07, 6.45) is 1.84. The molecule has 2 aromatic rings. The lowest BCUT2D eigenvalue weighted by molar-refractivity contribution is 0.177. The van der Waals surface area contributed by atoms with Gasteiger partial charge in [-0.2, -0.15) is 16.4 Å². The van der Waals surface area contributed by atoms with Gasteiger partial charge < -0.3 is 15.4 Å². The minimum absolute atomic E-state index is 0.103. The Labute approximate surface area is 145 Å². The zero-order valence-electron chi connectivity index (χ0n) is 14.0. The van der Waals surface area contributed by atoms with Crippen molar-refractivity contribution in [3.8, 4) is 0 Å². The van der Waals surface area contributed by atoms with E-state index in [1.807, 2.05) is 4.68 Å². The lowest BCUT2D eigenvalue weighted by atomic mass is 10.1. The van der Waals surface area contributed by atoms with Crippen LogP contribution in [0.2, 0.25) is 0 Å². The molecule has 24 heavy (non-hydrogen) atoms. The number of fused-ring (bicyclic) bond motifs is 1. The summed E-state index contributed by atoms with van der Waals surface area (Å²) in [5.41, 5.74) is 1.25. The number of carbonyl (C=O) groups excluding carboxylic acids is 1. The third kappa shape index (κ3) is 3.93. The fraction of sp³-hybridized carbons (Fsp3) is 0.562. The predicted octanol–water partition coefficient (Wildman–Crippen LogP) is 2.42. The number of hydrogen-bond acceptors (Lipinski definition) is 5. The van der Waals surface area contributed by atoms with Crippen LogP contribution in [0.4, 0.5) is 4.79 Å². The molecule has 7 nitrogen and oxygen atoms in total. The summed E-state index contributed by atoms with van der Waals surface area (Å²) in [7, 11) is 1.62. The van der Waals surface area contributed by atoms with Crippen molar-refractivity contribution in [3.05, 3.63) is 34.0 Å². The summed E-state index contributed by atoms with van der Waals surface area (Å²) >= 11 is 1.67. The largest absolute Gasteiger partial charge is 0.377 e. The van der Waals surface area contributed by atoms with Gasteiger partial charge in [-0.15, -0.1) is 0 Å². The second-order valence-electron chi connectivity index (χ2n) is 6.05. The lowest BCUT2D eigenvalue weighted by Gasteiger charge is -2.23. The van der Waals surface area contributed by atoms with Crippen LogP contribution in [-0.4, -0.2) is 34.5 Å². The van der Waals surface area contributed by atoms with Crippen LogP contribution < -0.4 is 10.6 Å². The van der Waals surface area contributed by atoms with Gasteiger partial charge in [0, 0.05) is 20.2 Å². The van der Waals surface area contributed by atoms with Crippen molar-refractivity contribution in [1.82, 2.24) is 25.4 Å². The standard InChI is InChI=1S/C16H23N5O2S/c1-11(12-5-7-24-10-12)8-17-16(22)18-13-4-3-6-21-15(13)19-14(20-21)9-23-2/h5,7,10-11,13H,3-4,6,8-9H2,1-2H3,(H2,17,18,22). The summed E-state index contributed by atoms with van der Waals surface area (Å²) < 4.78 is 6.96. The summed E-state index contributed by atoms with van der Waals surface area (Å²) in [5.74, 6) is 1.77. The van der Waals surface area contributed by atoms with E-state index in [1.54, 1.807) is 18.4 Å². The van der Waals surface area contributed by atoms with Gasteiger partial charge in [0.05, 0.1) is 6.04 Å². The Hall–Kier alpha value is -1.93. The van der Waals surface area contributed by atoms with E-state index in [0.717, 1.165) is 25.2 Å². The number of nitrogens with zero attached hydrogens (tertiary/aromatic N) is 3. The van der Waals surface area contributed by atoms with Gasteiger partial charge in [-0.25, -0.2) is 14.5 Å². The highest BCUT2D eigenvalue weighted by Crippen LogP contribution is 2.23. The van der Waals surface area contributed by atoms with E-state index >= 15 is 0 Å². The van der Waals surface area contributed by atoms with Gasteiger partial charge in [0.2, 0.25) is 0 Å². The molecule has 1 aliphatic rings. The maximum Gasteiger partial charge on any atom is 0.315 e. The number of urea groups is 1. The molecular weight excluding hydrogens is 326 g/mol. The molecule has 2 aromatic heterocycles. The first-order valence-electron chi connectivity index (χ1n) is 8.16. The molecule has 0 spiro atoms. The number of thiophene rings is 1. The summed E-state index contributed by atoms with van der Waals surface area (Å²) in [6, 6.07) is 1.83. The molecule has 2 N–H and O–H groups in total. The molecule has 0 radical (unpaired) electrons. The molecule has 0 saturated heterocycles. The Kier molecular flexibility index (Phi) is 5.47. The smallest absolute Gasteiger partial charge is 0.315 e. The van der Waals surface area contributed by atoms with Crippen LogP contribution in [0.25, 0.3) is 0 Å². The zero-order valence-corrected chi connectivity index (χ0v) is 14.8. The van der Waals surface area contributed by atoms with E-state index in [9.17, 15) is 4.79 Å². The molecule has 3 heterocycles. The number of ether oxygens (including phenoxy) is 1. The third-order valence-electron chi connectivity index (χ3n) is 4.18. The van der Waals surface area contributed by atoms with Crippen molar-refractivity contribution < 1.29 is 9.53 Å². The van der Waals surface area contributed by atoms with Crippen LogP contribution >= 0.6 is 11.3 Å². The number of aryl methyl sites for hydroxylation is 1. The van der Waals surface area contributed by atoms with Crippen LogP contribution in [0.5, 0.6) is 0 Å². The highest BCUT2D eigenvalue weighted by molar-refractivity contribution is 7.07. The Bertz CT molecular complexity index is 670. The quantitative estimate of drug-likeness (QED) is 0.839. The number of hydrogen-bond donors (Lipinski definition) is 2. The number of amides is 2. The number of methoxy groups -OCH3 is 1. The Morgan fingerprint density at radius 2 is 2.46 bits per heavy atom. The van der Waals surface area contributed by atoms with E-state index in [2.05, 4.69) is 44.5 Å². The van der Waals surface area contributed by atoms with Crippen LogP contribution in [0.3, 0.4) is 0 Å². The van der Waals surface area contributed by atoms with Crippen molar-refractivity contribution in [2.24, 2.45) is 0 Å². The fourth-order valence-corrected chi connectivity index (χ4v) is 3.64. The molecule has 0 aliphatic carbocycles. The highest BCUT2D eigenvalue weighted by Gasteiger charge is 2.25. The molecule has 8 heteroatoms. The van der Waals surface area contributed by atoms with Crippen LogP contribution in [-0.2, 0) is 17.9 Å². The van der Waals surface area contributed by atoms with Crippen molar-refractivity contribution in [1.29, 1.82) is 0 Å². The zero-order chi connectivity index (χ0) is 16.9. The van der Waals surface area contributed by atoms with Gasteiger partial charge in [0.1, 0.15) is 12.4 Å². The predicted molar refractivity (Wildman–Crippen MR) is 92.0 cm³/mol. The Balaban J connectivity index is 1.55. The molecular formula is C16H23N5O2S. The fourth-order valence-electron chi connectivity index (χ4n) is 2.85. The average molecular weight is 349 g/mol. The SMILES string of the molecule is COCc1nc2n(n1)CCCC2NC(=O)NCC(C)c1ccsc1. The molecule has 0 aromatic carbocycles. The van der Waals surface area contributed by atoms with Gasteiger partial charge in [-0.3, -0.25) is 0 Å². The topological polar surface area (TPSA) is 81.1 Å². The van der Waals surface area contributed by atoms with Gasteiger partial charge in [0.25, 0.3) is 0 Å². The molecule has 2 amide bonds. The van der Waals surface area contributed by atoms with Crippen LogP contribution in [0, 0.1) is 0 Å². The number of rotatable bonds is 6. The van der Waals surface area contributed by atoms with E-state index in [1.165, 1.54) is 5.56 Å². The van der Waals surface area contributed by atoms with Gasteiger partial charge in [-0.05, 0) is 41.1 Å². The monoisotopic (exact) mass is 349 g/mol. The maximum absolute atomic E-state index is 12.2. The first-order valence-corrected chi connectivity index (χ1v) is 9.10. The normalized spacial score (nSPS) is 18.0. The first-order chi connectivity index (χ1) is 11.7. The molecule has 3 rings (SSSR count). The number of nitrogens with one attached hydrogen (secondary N) is 2. The minimum atomic E-state index is -0.160. The molecule has 0 bridgehead atoms. The van der Waals surface area contributed by atoms with E-state index in [0.29, 0.717) is 24.9 Å². The molecule has 130 valence electrons. The van der Waals surface area contributed by atoms with Crippen molar-refractivity contribution in [2.75, 3.05) is 13.7 Å². The maximum atomic E-state index is 12.2. The molecule has 0 saturated carbocycles. The van der Waals surface area contributed by atoms with Crippen molar-refractivity contribution >= 4 is 17.4 Å². The van der Waals surface area contributed by atoms with E-state index in [4.69, 9.17) is 4.74 Å². The summed E-state index contributed by atoms with van der Waals surface area (Å²) in [4.78, 5) is 16.7. The summed E-state index contributed by atoms with van der Waals surface area (Å²) in [6.45, 7) is 3.94. The van der Waals surface area contributed by atoms with Crippen LogP contribution in [0.15, 0.2) is 16.8 Å². The first kappa shape index (κ1) is 16.9. The van der Waals surface area contributed by atoms with Crippen LogP contribution in [0.1, 0.15) is 48.9 Å². The van der Waals surface area contributed by atoms with E-state index in [-0.39, 0.29) is 12.1 Å². The van der Waals surface area contributed by atoms with Crippen molar-refractivity contribution in [2.45, 2.75) is 44.9 Å². The van der Waals surface area contributed by atoms with Gasteiger partial charge >= 0.3 is 6.03 Å². The van der Waals surface area contributed by atoms with E-state index < -0.39 is 0 Å². The van der Waals surface area contributed by atoms with Gasteiger partial charge in [-0.1, -0.05) is 6.92 Å². The second kappa shape index (κ2) is 7.76.